The summed E-state index contributed by atoms with van der Waals surface area (Å²) in [7, 11) is 0. The van der Waals surface area contributed by atoms with Crippen LogP contribution in [0, 0.1) is 13.8 Å². The van der Waals surface area contributed by atoms with Crippen molar-refractivity contribution in [3.8, 4) is 11.5 Å². The molecule has 2 aromatic carbocycles. The third-order valence-corrected chi connectivity index (χ3v) is 4.14. The molecule has 0 aliphatic heterocycles. The number of hydrogen-bond acceptors (Lipinski definition) is 4. The second-order valence-electron chi connectivity index (χ2n) is 6.15. The van der Waals surface area contributed by atoms with E-state index in [1.54, 1.807) is 0 Å². The van der Waals surface area contributed by atoms with Gasteiger partial charge in [0.2, 0.25) is 6.29 Å². The van der Waals surface area contributed by atoms with E-state index in [2.05, 4.69) is 6.92 Å². The Kier molecular flexibility index (Phi) is 6.36. The summed E-state index contributed by atoms with van der Waals surface area (Å²) in [5, 5.41) is 0. The first kappa shape index (κ1) is 18.0. The molecular formula is C20H28N2O2. The number of unbranched alkanes of at least 4 members (excludes halogenated alkanes) is 2. The van der Waals surface area contributed by atoms with Gasteiger partial charge in [0.05, 0.1) is 0 Å². The van der Waals surface area contributed by atoms with Gasteiger partial charge in [-0.3, -0.25) is 0 Å². The quantitative estimate of drug-likeness (QED) is 0.413. The maximum absolute atomic E-state index is 6.11. The van der Waals surface area contributed by atoms with Gasteiger partial charge in [0.15, 0.2) is 0 Å². The van der Waals surface area contributed by atoms with Crippen LogP contribution in [-0.4, -0.2) is 6.29 Å². The first-order valence-electron chi connectivity index (χ1n) is 8.55. The fourth-order valence-electron chi connectivity index (χ4n) is 2.48. The van der Waals surface area contributed by atoms with Gasteiger partial charge < -0.3 is 20.9 Å². The Balaban J connectivity index is 2.14. The van der Waals surface area contributed by atoms with E-state index in [0.29, 0.717) is 0 Å². The minimum atomic E-state index is -0.347. The summed E-state index contributed by atoms with van der Waals surface area (Å²) < 4.78 is 12.2. The molecule has 0 radical (unpaired) electrons. The molecule has 4 N–H and O–H groups in total. The number of rotatable bonds is 8. The Morgan fingerprint density at radius 2 is 1.75 bits per heavy atom. The highest BCUT2D eigenvalue weighted by Crippen LogP contribution is 2.27. The van der Waals surface area contributed by atoms with Crippen molar-refractivity contribution in [3.05, 3.63) is 47.5 Å². The normalized spacial score (nSPS) is 12.0. The molecule has 1 unspecified atom stereocenters. The third kappa shape index (κ3) is 4.82. The summed E-state index contributed by atoms with van der Waals surface area (Å²) in [6, 6.07) is 11.4. The van der Waals surface area contributed by atoms with E-state index in [9.17, 15) is 0 Å². The summed E-state index contributed by atoms with van der Waals surface area (Å²) in [6.07, 6.45) is 3.84. The third-order valence-electron chi connectivity index (χ3n) is 4.14. The minimum Gasteiger partial charge on any atom is -0.455 e. The maximum atomic E-state index is 6.11. The van der Waals surface area contributed by atoms with Gasteiger partial charge in [-0.1, -0.05) is 25.8 Å². The molecule has 0 saturated carbocycles. The highest BCUT2D eigenvalue weighted by Gasteiger charge is 2.15. The zero-order valence-electron chi connectivity index (χ0n) is 14.8. The zero-order chi connectivity index (χ0) is 17.5. The molecule has 4 heteroatoms. The van der Waals surface area contributed by atoms with E-state index in [0.717, 1.165) is 59.7 Å². The SMILES string of the molecule is CCCCCC(Oc1ccc(N)c(C)c1)Oc1cccc(N)c1C. The summed E-state index contributed by atoms with van der Waals surface area (Å²) >= 11 is 0. The molecule has 2 aromatic rings. The van der Waals surface area contributed by atoms with Crippen LogP contribution in [0.5, 0.6) is 11.5 Å². The number of hydrogen-bond donors (Lipinski definition) is 2. The van der Waals surface area contributed by atoms with Crippen molar-refractivity contribution < 1.29 is 9.47 Å². The standard InChI is InChI=1S/C20H28N2O2/c1-4-5-6-10-20(23-16-11-12-17(21)14(2)13-16)24-19-9-7-8-18(22)15(19)3/h7-9,11-13,20H,4-6,10,21-22H2,1-3H3. The van der Waals surface area contributed by atoms with Crippen LogP contribution >= 0.6 is 0 Å². The van der Waals surface area contributed by atoms with Gasteiger partial charge in [-0.05, 0) is 56.2 Å². The van der Waals surface area contributed by atoms with Crippen LogP contribution in [-0.2, 0) is 0 Å². The summed E-state index contributed by atoms with van der Waals surface area (Å²) in [5.74, 6) is 1.54. The molecule has 0 spiro atoms. The molecule has 1 atom stereocenters. The van der Waals surface area contributed by atoms with Gasteiger partial charge in [0.25, 0.3) is 0 Å². The molecule has 0 bridgehead atoms. The van der Waals surface area contributed by atoms with Crippen LogP contribution in [0.25, 0.3) is 0 Å². The number of nitrogen functional groups attached to an aromatic ring is 2. The number of aryl methyl sites for hydroxylation is 1. The highest BCUT2D eigenvalue weighted by atomic mass is 16.7. The van der Waals surface area contributed by atoms with Crippen LogP contribution in [0.3, 0.4) is 0 Å². The lowest BCUT2D eigenvalue weighted by atomic mass is 10.1. The Morgan fingerprint density at radius 3 is 2.46 bits per heavy atom. The van der Waals surface area contributed by atoms with Gasteiger partial charge in [-0.25, -0.2) is 0 Å². The van der Waals surface area contributed by atoms with E-state index in [1.807, 2.05) is 50.2 Å². The van der Waals surface area contributed by atoms with Crippen LogP contribution in [0.4, 0.5) is 11.4 Å². The molecule has 0 aliphatic carbocycles. The van der Waals surface area contributed by atoms with Crippen molar-refractivity contribution in [2.24, 2.45) is 0 Å². The molecule has 130 valence electrons. The molecule has 24 heavy (non-hydrogen) atoms. The molecule has 0 heterocycles. The lowest BCUT2D eigenvalue weighted by Gasteiger charge is -2.22. The Bertz CT molecular complexity index is 671. The molecule has 2 rings (SSSR count). The average molecular weight is 328 g/mol. The minimum absolute atomic E-state index is 0.347. The van der Waals surface area contributed by atoms with Gasteiger partial charge in [0.1, 0.15) is 11.5 Å². The maximum Gasteiger partial charge on any atom is 0.241 e. The predicted molar refractivity (Wildman–Crippen MR) is 100 cm³/mol. The van der Waals surface area contributed by atoms with Crippen molar-refractivity contribution in [1.82, 2.24) is 0 Å². The molecule has 0 aromatic heterocycles. The molecule has 0 saturated heterocycles. The fourth-order valence-corrected chi connectivity index (χ4v) is 2.48. The van der Waals surface area contributed by atoms with Gasteiger partial charge in [0, 0.05) is 23.4 Å². The molecule has 0 amide bonds. The number of anilines is 2. The predicted octanol–water partition coefficient (Wildman–Crippen LogP) is 4.83. The molecule has 0 fully saturated rings. The zero-order valence-corrected chi connectivity index (χ0v) is 14.8. The topological polar surface area (TPSA) is 70.5 Å². The highest BCUT2D eigenvalue weighted by molar-refractivity contribution is 5.53. The van der Waals surface area contributed by atoms with Crippen molar-refractivity contribution in [3.63, 3.8) is 0 Å². The second-order valence-corrected chi connectivity index (χ2v) is 6.15. The van der Waals surface area contributed by atoms with Crippen LogP contribution in [0.2, 0.25) is 0 Å². The lowest BCUT2D eigenvalue weighted by molar-refractivity contribution is -0.00282. The Morgan fingerprint density at radius 1 is 0.958 bits per heavy atom. The monoisotopic (exact) mass is 328 g/mol. The first-order valence-corrected chi connectivity index (χ1v) is 8.55. The van der Waals surface area contributed by atoms with Crippen LogP contribution in [0.1, 0.15) is 43.7 Å². The fraction of sp³-hybridized carbons (Fsp3) is 0.400. The molecule has 0 aliphatic rings. The second kappa shape index (κ2) is 8.48. The van der Waals surface area contributed by atoms with Crippen LogP contribution in [0.15, 0.2) is 36.4 Å². The van der Waals surface area contributed by atoms with E-state index in [-0.39, 0.29) is 6.29 Å². The van der Waals surface area contributed by atoms with Gasteiger partial charge in [-0.2, -0.15) is 0 Å². The summed E-state index contributed by atoms with van der Waals surface area (Å²) in [6.45, 7) is 6.11. The van der Waals surface area contributed by atoms with E-state index < -0.39 is 0 Å². The van der Waals surface area contributed by atoms with E-state index in [1.165, 1.54) is 0 Å². The first-order chi connectivity index (χ1) is 11.5. The van der Waals surface area contributed by atoms with Crippen LogP contribution < -0.4 is 20.9 Å². The lowest BCUT2D eigenvalue weighted by Crippen LogP contribution is -2.24. The van der Waals surface area contributed by atoms with Crippen molar-refractivity contribution in [1.29, 1.82) is 0 Å². The smallest absolute Gasteiger partial charge is 0.241 e. The Hall–Kier alpha value is -2.36. The van der Waals surface area contributed by atoms with Crippen molar-refractivity contribution in [2.75, 3.05) is 11.5 Å². The Labute approximate surface area is 144 Å². The van der Waals surface area contributed by atoms with Crippen molar-refractivity contribution in [2.45, 2.75) is 52.7 Å². The van der Waals surface area contributed by atoms with Gasteiger partial charge >= 0.3 is 0 Å². The molecular weight excluding hydrogens is 300 g/mol. The molecule has 4 nitrogen and oxygen atoms in total. The number of benzene rings is 2. The van der Waals surface area contributed by atoms with Gasteiger partial charge in [-0.15, -0.1) is 0 Å². The number of nitrogens with two attached hydrogens (primary N) is 2. The number of ether oxygens (including phenoxy) is 2. The average Bonchev–Trinajstić information content (AvgIpc) is 2.55. The largest absolute Gasteiger partial charge is 0.455 e. The van der Waals surface area contributed by atoms with E-state index >= 15 is 0 Å². The summed E-state index contributed by atoms with van der Waals surface area (Å²) in [4.78, 5) is 0. The van der Waals surface area contributed by atoms with E-state index in [4.69, 9.17) is 20.9 Å². The van der Waals surface area contributed by atoms with Crippen molar-refractivity contribution >= 4 is 11.4 Å². The summed E-state index contributed by atoms with van der Waals surface area (Å²) in [5.41, 5.74) is 15.3.